The van der Waals surface area contributed by atoms with E-state index in [-0.39, 0.29) is 19.7 Å². The molecule has 0 saturated carbocycles. The van der Waals surface area contributed by atoms with Gasteiger partial charge in [-0.15, -0.1) is 0 Å². The van der Waals surface area contributed by atoms with Crippen molar-refractivity contribution in [2.45, 2.75) is 68.2 Å². The summed E-state index contributed by atoms with van der Waals surface area (Å²) in [5.41, 5.74) is 0. The minimum atomic E-state index is 0. The van der Waals surface area contributed by atoms with Crippen LogP contribution in [0.4, 0.5) is 0 Å². The van der Waals surface area contributed by atoms with E-state index in [0.29, 0.717) is 0 Å². The van der Waals surface area contributed by atoms with Crippen LogP contribution in [0.2, 0.25) is 0 Å². The van der Waals surface area contributed by atoms with Crippen molar-refractivity contribution < 1.29 is 9.59 Å². The Morgan fingerprint density at radius 3 is 0.929 bits per heavy atom. The average Bonchev–Trinajstić information content (AvgIpc) is 2.10. The minimum Gasteiger partial charge on any atom is -0.344 e. The van der Waals surface area contributed by atoms with E-state index < -0.39 is 0 Å². The summed E-state index contributed by atoms with van der Waals surface area (Å²) in [5.74, 6) is 0. The SMILES string of the molecule is C.CC.CCC.CCCC.N.O=C=O. The molecule has 3 nitrogen and oxygen atoms in total. The van der Waals surface area contributed by atoms with Gasteiger partial charge in [0.1, 0.15) is 0 Å². The fourth-order valence-corrected chi connectivity index (χ4v) is 0. The zero-order chi connectivity index (χ0) is 10.8. The van der Waals surface area contributed by atoms with Gasteiger partial charge in [-0.25, -0.2) is 0 Å². The Labute approximate surface area is 90.9 Å². The van der Waals surface area contributed by atoms with E-state index in [4.69, 9.17) is 9.59 Å². The third kappa shape index (κ3) is 10500. The van der Waals surface area contributed by atoms with E-state index in [2.05, 4.69) is 27.7 Å². The van der Waals surface area contributed by atoms with E-state index in [1.807, 2.05) is 13.8 Å². The third-order valence-corrected chi connectivity index (χ3v) is 0.500. The first-order chi connectivity index (χ1) is 5.74. The van der Waals surface area contributed by atoms with Crippen LogP contribution in [0.5, 0.6) is 0 Å². The highest BCUT2D eigenvalue weighted by Crippen LogP contribution is 1.76. The van der Waals surface area contributed by atoms with Gasteiger partial charge >= 0.3 is 6.15 Å². The molecule has 0 heterocycles. The smallest absolute Gasteiger partial charge is 0.344 e. The van der Waals surface area contributed by atoms with Gasteiger partial charge in [-0.05, 0) is 0 Å². The van der Waals surface area contributed by atoms with Crippen LogP contribution in [0.15, 0.2) is 0 Å². The zero-order valence-corrected chi connectivity index (χ0v) is 10.1. The summed E-state index contributed by atoms with van der Waals surface area (Å²) >= 11 is 0. The molecule has 3 heteroatoms. The predicted octanol–water partition coefficient (Wildman–Crippen LogP) is 4.46. The molecular weight excluding hydrogens is 178 g/mol. The highest BCUT2D eigenvalue weighted by atomic mass is 16.2. The molecular formula is C11H31NO2. The maximum atomic E-state index is 8.12. The van der Waals surface area contributed by atoms with Gasteiger partial charge in [0.25, 0.3) is 0 Å². The molecule has 0 fully saturated rings. The Morgan fingerprint density at radius 2 is 0.929 bits per heavy atom. The Hall–Kier alpha value is -0.660. The van der Waals surface area contributed by atoms with Crippen LogP contribution in [-0.2, 0) is 9.59 Å². The lowest BCUT2D eigenvalue weighted by Crippen LogP contribution is -1.47. The molecule has 0 aromatic rings. The summed E-state index contributed by atoms with van der Waals surface area (Å²) in [6.07, 6.45) is 4.14. The second-order valence-corrected chi connectivity index (χ2v) is 1.79. The van der Waals surface area contributed by atoms with Crippen LogP contribution < -0.4 is 6.15 Å². The van der Waals surface area contributed by atoms with Crippen LogP contribution >= 0.6 is 0 Å². The summed E-state index contributed by atoms with van der Waals surface area (Å²) < 4.78 is 0. The Kier molecular flexibility index (Phi) is 383. The van der Waals surface area contributed by atoms with Gasteiger partial charge in [-0.1, -0.05) is 68.2 Å². The standard InChI is InChI=1S/C4H10.C3H8.C2H6.CO2.CH4.H3N/c1-3-4-2;1-3-2;1-2;2-1-3;;/h3-4H2,1-2H3;3H2,1-2H3;1-2H3;;1H4;1H3. The summed E-state index contributed by atoms with van der Waals surface area (Å²) in [7, 11) is 0. The highest BCUT2D eigenvalue weighted by Gasteiger charge is 1.56. The molecule has 14 heavy (non-hydrogen) atoms. The molecule has 0 radical (unpaired) electrons. The van der Waals surface area contributed by atoms with Crippen LogP contribution in [0.1, 0.15) is 68.2 Å². The third-order valence-electron chi connectivity index (χ3n) is 0.500. The number of unbranched alkanes of at least 4 members (excludes halogenated alkanes) is 1. The first-order valence-corrected chi connectivity index (χ1v) is 4.74. The molecule has 0 aliphatic carbocycles. The largest absolute Gasteiger partial charge is 0.373 e. The lowest BCUT2D eigenvalue weighted by Gasteiger charge is -1.68. The maximum Gasteiger partial charge on any atom is 0.373 e. The van der Waals surface area contributed by atoms with Gasteiger partial charge in [-0.2, -0.15) is 9.59 Å². The fraction of sp³-hybridized carbons (Fsp3) is 0.909. The van der Waals surface area contributed by atoms with Gasteiger partial charge in [0.05, 0.1) is 0 Å². The molecule has 0 atom stereocenters. The first-order valence-electron chi connectivity index (χ1n) is 4.74. The van der Waals surface area contributed by atoms with Crippen molar-refractivity contribution in [2.24, 2.45) is 0 Å². The predicted molar refractivity (Wildman–Crippen MR) is 64.7 cm³/mol. The van der Waals surface area contributed by atoms with Crippen molar-refractivity contribution in [1.29, 1.82) is 0 Å². The molecule has 0 rings (SSSR count). The first kappa shape index (κ1) is 37.7. The van der Waals surface area contributed by atoms with Crippen LogP contribution in [0, 0.1) is 0 Å². The monoisotopic (exact) mass is 209 g/mol. The molecule has 0 spiro atoms. The lowest BCUT2D eigenvalue weighted by atomic mass is 10.4. The lowest BCUT2D eigenvalue weighted by molar-refractivity contribution is -0.191. The van der Waals surface area contributed by atoms with E-state index in [0.717, 1.165) is 0 Å². The molecule has 0 saturated heterocycles. The topological polar surface area (TPSA) is 69.1 Å². The average molecular weight is 209 g/mol. The van der Waals surface area contributed by atoms with Crippen LogP contribution in [0.3, 0.4) is 0 Å². The number of hydrogen-bond donors (Lipinski definition) is 1. The van der Waals surface area contributed by atoms with Crippen molar-refractivity contribution in [1.82, 2.24) is 6.15 Å². The van der Waals surface area contributed by atoms with Gasteiger partial charge < -0.3 is 6.15 Å². The second-order valence-electron chi connectivity index (χ2n) is 1.79. The van der Waals surface area contributed by atoms with Crippen molar-refractivity contribution in [3.05, 3.63) is 0 Å². The fourth-order valence-electron chi connectivity index (χ4n) is 0. The molecule has 0 aliphatic rings. The molecule has 0 aliphatic heterocycles. The Bertz CT molecular complexity index is 58.3. The summed E-state index contributed by atoms with van der Waals surface area (Å²) in [6.45, 7) is 12.6. The maximum absolute atomic E-state index is 8.12. The van der Waals surface area contributed by atoms with Crippen LogP contribution in [-0.4, -0.2) is 6.15 Å². The number of rotatable bonds is 1. The summed E-state index contributed by atoms with van der Waals surface area (Å²) in [5, 5.41) is 0. The van der Waals surface area contributed by atoms with E-state index in [1.54, 1.807) is 0 Å². The second kappa shape index (κ2) is 142. The van der Waals surface area contributed by atoms with E-state index >= 15 is 0 Å². The minimum absolute atomic E-state index is 0. The van der Waals surface area contributed by atoms with Gasteiger partial charge in [-0.3, -0.25) is 0 Å². The van der Waals surface area contributed by atoms with Crippen molar-refractivity contribution in [3.63, 3.8) is 0 Å². The molecule has 0 bridgehead atoms. The van der Waals surface area contributed by atoms with Gasteiger partial charge in [0.2, 0.25) is 0 Å². The molecule has 0 unspecified atom stereocenters. The van der Waals surface area contributed by atoms with E-state index in [1.165, 1.54) is 19.3 Å². The molecule has 0 amide bonds. The highest BCUT2D eigenvalue weighted by molar-refractivity contribution is 5.20. The summed E-state index contributed by atoms with van der Waals surface area (Å²) in [4.78, 5) is 16.2. The molecule has 0 aromatic carbocycles. The summed E-state index contributed by atoms with van der Waals surface area (Å²) in [6, 6.07) is 0. The quantitative estimate of drug-likeness (QED) is 0.693. The van der Waals surface area contributed by atoms with Crippen molar-refractivity contribution >= 4 is 6.15 Å². The number of hydrogen-bond acceptors (Lipinski definition) is 3. The molecule has 92 valence electrons. The van der Waals surface area contributed by atoms with Gasteiger partial charge in [0, 0.05) is 0 Å². The Morgan fingerprint density at radius 1 is 0.857 bits per heavy atom. The molecule has 3 N–H and O–H groups in total. The van der Waals surface area contributed by atoms with Crippen molar-refractivity contribution in [2.75, 3.05) is 0 Å². The normalized spacial score (nSPS) is 4.43. The van der Waals surface area contributed by atoms with Crippen LogP contribution in [0.25, 0.3) is 0 Å². The Balaban J connectivity index is -0.0000000149. The van der Waals surface area contributed by atoms with Crippen molar-refractivity contribution in [3.8, 4) is 0 Å². The van der Waals surface area contributed by atoms with Gasteiger partial charge in [0.15, 0.2) is 0 Å². The molecule has 0 aromatic heterocycles. The number of carbonyl (C=O) groups excluding carboxylic acids is 2. The van der Waals surface area contributed by atoms with E-state index in [9.17, 15) is 0 Å². The zero-order valence-electron chi connectivity index (χ0n) is 10.1.